The van der Waals surface area contributed by atoms with Crippen molar-refractivity contribution in [1.82, 2.24) is 9.80 Å². The summed E-state index contributed by atoms with van der Waals surface area (Å²) in [5.74, 6) is -0.0774. The second-order valence-electron chi connectivity index (χ2n) is 6.20. The summed E-state index contributed by atoms with van der Waals surface area (Å²) in [5.41, 5.74) is 0.695. The minimum Gasteiger partial charge on any atom is -0.508 e. The van der Waals surface area contributed by atoms with Gasteiger partial charge < -0.3 is 5.11 Å². The zero-order chi connectivity index (χ0) is 14.1. The van der Waals surface area contributed by atoms with E-state index >= 15 is 0 Å². The molecule has 20 heavy (non-hydrogen) atoms. The largest absolute Gasteiger partial charge is 0.508 e. The molecule has 2 aliphatic heterocycles. The third-order valence-electron chi connectivity index (χ3n) is 4.73. The molecule has 0 bridgehead atoms. The maximum Gasteiger partial charge on any atom is 0.123 e. The van der Waals surface area contributed by atoms with Crippen LogP contribution in [0, 0.1) is 5.82 Å². The second kappa shape index (κ2) is 5.70. The molecule has 3 nitrogen and oxygen atoms in total. The Morgan fingerprint density at radius 1 is 1.30 bits per heavy atom. The van der Waals surface area contributed by atoms with Crippen LogP contribution in [0.5, 0.6) is 5.75 Å². The molecule has 0 aliphatic carbocycles. The molecule has 2 unspecified atom stereocenters. The van der Waals surface area contributed by atoms with E-state index in [4.69, 9.17) is 0 Å². The van der Waals surface area contributed by atoms with Crippen LogP contribution in [0.3, 0.4) is 0 Å². The van der Waals surface area contributed by atoms with Crippen LogP contribution >= 0.6 is 0 Å². The molecule has 0 radical (unpaired) electrons. The van der Waals surface area contributed by atoms with Crippen LogP contribution in [0.15, 0.2) is 18.2 Å². The summed E-state index contributed by atoms with van der Waals surface area (Å²) in [7, 11) is 0. The lowest BCUT2D eigenvalue weighted by Crippen LogP contribution is -2.58. The first-order valence-corrected chi connectivity index (χ1v) is 7.59. The van der Waals surface area contributed by atoms with Gasteiger partial charge in [0.05, 0.1) is 0 Å². The van der Waals surface area contributed by atoms with Crippen molar-refractivity contribution < 1.29 is 9.50 Å². The van der Waals surface area contributed by atoms with Gasteiger partial charge in [-0.05, 0) is 44.5 Å². The Morgan fingerprint density at radius 3 is 3.00 bits per heavy atom. The van der Waals surface area contributed by atoms with Crippen molar-refractivity contribution in [3.63, 3.8) is 0 Å². The summed E-state index contributed by atoms with van der Waals surface area (Å²) in [6, 6.07) is 5.30. The monoisotopic (exact) mass is 278 g/mol. The van der Waals surface area contributed by atoms with Crippen molar-refractivity contribution in [2.75, 3.05) is 19.6 Å². The maximum absolute atomic E-state index is 13.3. The fourth-order valence-corrected chi connectivity index (χ4v) is 3.53. The van der Waals surface area contributed by atoms with E-state index in [-0.39, 0.29) is 11.6 Å². The highest BCUT2D eigenvalue weighted by molar-refractivity contribution is 5.32. The van der Waals surface area contributed by atoms with E-state index in [1.165, 1.54) is 44.0 Å². The normalized spacial score (nSPS) is 28.3. The Hall–Kier alpha value is -1.13. The lowest BCUT2D eigenvalue weighted by molar-refractivity contribution is 0.0107. The highest BCUT2D eigenvalue weighted by Crippen LogP contribution is 2.27. The Kier molecular flexibility index (Phi) is 3.94. The smallest absolute Gasteiger partial charge is 0.123 e. The van der Waals surface area contributed by atoms with Gasteiger partial charge in [0.15, 0.2) is 0 Å². The number of piperidine rings is 1. The predicted molar refractivity (Wildman–Crippen MR) is 77.1 cm³/mol. The molecular formula is C16H23FN2O. The Balaban J connectivity index is 1.71. The van der Waals surface area contributed by atoms with Crippen molar-refractivity contribution in [3.8, 4) is 5.75 Å². The maximum atomic E-state index is 13.3. The average Bonchev–Trinajstić information content (AvgIpc) is 2.43. The number of nitrogens with zero attached hydrogens (tertiary/aromatic N) is 2. The molecule has 2 atom stereocenters. The van der Waals surface area contributed by atoms with E-state index in [0.717, 1.165) is 13.1 Å². The van der Waals surface area contributed by atoms with Crippen molar-refractivity contribution in [2.45, 2.75) is 44.8 Å². The number of halogens is 1. The van der Waals surface area contributed by atoms with Crippen molar-refractivity contribution in [1.29, 1.82) is 0 Å². The fourth-order valence-electron chi connectivity index (χ4n) is 3.53. The first-order chi connectivity index (χ1) is 9.63. The Morgan fingerprint density at radius 2 is 2.15 bits per heavy atom. The zero-order valence-corrected chi connectivity index (χ0v) is 12.1. The quantitative estimate of drug-likeness (QED) is 0.901. The number of aromatic hydroxyl groups is 1. The van der Waals surface area contributed by atoms with Crippen LogP contribution in [0.2, 0.25) is 0 Å². The van der Waals surface area contributed by atoms with Crippen molar-refractivity contribution >= 4 is 0 Å². The number of fused-ring (bicyclic) bond motifs is 1. The predicted octanol–water partition coefficient (Wildman–Crippen LogP) is 2.59. The number of phenolic OH excluding ortho intramolecular Hbond substituents is 1. The van der Waals surface area contributed by atoms with Gasteiger partial charge in [0.1, 0.15) is 11.6 Å². The summed E-state index contributed by atoms with van der Waals surface area (Å²) < 4.78 is 13.3. The lowest BCUT2D eigenvalue weighted by atomic mass is 9.96. The number of piperazine rings is 1. The van der Waals surface area contributed by atoms with Crippen LogP contribution in [0.1, 0.15) is 31.7 Å². The summed E-state index contributed by atoms with van der Waals surface area (Å²) in [5, 5.41) is 9.88. The van der Waals surface area contributed by atoms with Crippen molar-refractivity contribution in [3.05, 3.63) is 29.6 Å². The third-order valence-corrected chi connectivity index (χ3v) is 4.73. The molecule has 1 N–H and O–H groups in total. The standard InChI is InChI=1S/C16H23FN2O/c1-12-9-18-7-3-2-4-15(18)11-19(12)10-13-8-14(17)5-6-16(13)20/h5-6,8,12,15,20H,2-4,7,9-11H2,1H3. The van der Waals surface area contributed by atoms with Gasteiger partial charge in [-0.2, -0.15) is 0 Å². The van der Waals surface area contributed by atoms with E-state index in [9.17, 15) is 9.50 Å². The molecule has 0 saturated carbocycles. The second-order valence-corrected chi connectivity index (χ2v) is 6.20. The van der Waals surface area contributed by atoms with E-state index in [1.54, 1.807) is 0 Å². The first-order valence-electron chi connectivity index (χ1n) is 7.59. The van der Waals surface area contributed by atoms with Crippen LogP contribution in [-0.4, -0.2) is 46.6 Å². The van der Waals surface area contributed by atoms with E-state index in [2.05, 4.69) is 16.7 Å². The van der Waals surface area contributed by atoms with Gasteiger partial charge in [-0.3, -0.25) is 9.80 Å². The van der Waals surface area contributed by atoms with Gasteiger partial charge in [0, 0.05) is 37.3 Å². The van der Waals surface area contributed by atoms with Gasteiger partial charge >= 0.3 is 0 Å². The fraction of sp³-hybridized carbons (Fsp3) is 0.625. The topological polar surface area (TPSA) is 26.7 Å². The molecule has 1 aromatic rings. The number of benzene rings is 1. The minimum atomic E-state index is -0.276. The zero-order valence-electron chi connectivity index (χ0n) is 12.1. The SMILES string of the molecule is CC1CN2CCCCC2CN1Cc1cc(F)ccc1O. The molecule has 1 aromatic carbocycles. The minimum absolute atomic E-state index is 0.199. The van der Waals surface area contributed by atoms with Gasteiger partial charge in [-0.1, -0.05) is 6.42 Å². The van der Waals surface area contributed by atoms with Crippen molar-refractivity contribution in [2.24, 2.45) is 0 Å². The number of phenols is 1. The van der Waals surface area contributed by atoms with Crippen LogP contribution in [-0.2, 0) is 6.54 Å². The number of rotatable bonds is 2. The Bertz CT molecular complexity index is 480. The number of hydrogen-bond acceptors (Lipinski definition) is 3. The van der Waals surface area contributed by atoms with Gasteiger partial charge in [0.2, 0.25) is 0 Å². The molecule has 0 spiro atoms. The van der Waals surface area contributed by atoms with E-state index in [0.29, 0.717) is 24.2 Å². The average molecular weight is 278 g/mol. The molecule has 2 aliphatic rings. The summed E-state index contributed by atoms with van der Waals surface area (Å²) in [6.07, 6.45) is 3.89. The molecule has 0 amide bonds. The van der Waals surface area contributed by atoms with Crippen LogP contribution in [0.4, 0.5) is 4.39 Å². The molecule has 2 heterocycles. The molecule has 3 rings (SSSR count). The van der Waals surface area contributed by atoms with Gasteiger partial charge in [0.25, 0.3) is 0 Å². The molecular weight excluding hydrogens is 255 g/mol. The summed E-state index contributed by atoms with van der Waals surface area (Å²) in [4.78, 5) is 4.97. The van der Waals surface area contributed by atoms with Crippen LogP contribution < -0.4 is 0 Å². The third kappa shape index (κ3) is 2.81. The number of hydrogen-bond donors (Lipinski definition) is 1. The molecule has 0 aromatic heterocycles. The lowest BCUT2D eigenvalue weighted by Gasteiger charge is -2.47. The first kappa shape index (κ1) is 13.8. The van der Waals surface area contributed by atoms with E-state index in [1.807, 2.05) is 0 Å². The molecule has 110 valence electrons. The molecule has 4 heteroatoms. The highest BCUT2D eigenvalue weighted by atomic mass is 19.1. The highest BCUT2D eigenvalue weighted by Gasteiger charge is 2.33. The summed E-state index contributed by atoms with van der Waals surface area (Å²) >= 11 is 0. The molecule has 2 saturated heterocycles. The Labute approximate surface area is 120 Å². The summed E-state index contributed by atoms with van der Waals surface area (Å²) in [6.45, 7) is 6.18. The van der Waals surface area contributed by atoms with Crippen LogP contribution in [0.25, 0.3) is 0 Å². The molecule has 2 fully saturated rings. The van der Waals surface area contributed by atoms with Gasteiger partial charge in [-0.15, -0.1) is 0 Å². The van der Waals surface area contributed by atoms with E-state index < -0.39 is 0 Å². The van der Waals surface area contributed by atoms with Gasteiger partial charge in [-0.25, -0.2) is 4.39 Å².